The molecule has 1 atom stereocenters. The number of carbonyl (C=O) groups is 2. The zero-order valence-electron chi connectivity index (χ0n) is 23.5. The Kier molecular flexibility index (Phi) is 30.1. The summed E-state index contributed by atoms with van der Waals surface area (Å²) in [5.74, 6) is 29.4. The maximum absolute atomic E-state index is 12.0. The highest BCUT2D eigenvalue weighted by Gasteiger charge is 2.15. The van der Waals surface area contributed by atoms with Crippen molar-refractivity contribution in [1.29, 1.82) is 0 Å². The summed E-state index contributed by atoms with van der Waals surface area (Å²) in [5, 5.41) is 9.38. The van der Waals surface area contributed by atoms with E-state index < -0.39 is 24.6 Å². The van der Waals surface area contributed by atoms with Crippen LogP contribution in [0.2, 0.25) is 0 Å². The first-order valence-corrected chi connectivity index (χ1v) is 13.6. The zero-order chi connectivity index (χ0) is 28.7. The van der Waals surface area contributed by atoms with E-state index in [9.17, 15) is 14.7 Å². The van der Waals surface area contributed by atoms with Crippen LogP contribution in [0.3, 0.4) is 0 Å². The van der Waals surface area contributed by atoms with Crippen LogP contribution in [0.4, 0.5) is 0 Å². The molecule has 238 valence electrons. The van der Waals surface area contributed by atoms with Gasteiger partial charge in [0, 0.05) is 30.9 Å². The lowest BCUT2D eigenvalue weighted by atomic mass is 10.0. The average Bonchev–Trinajstić information content (AvgIpc) is 2.94. The number of ether oxygens (including phenoxy) is 2. The molecule has 0 aromatic heterocycles. The minimum atomic E-state index is -0.929. The fraction of sp³-hybridized carbons (Fsp3) is 0.529. The van der Waals surface area contributed by atoms with E-state index in [-0.39, 0.29) is 45.1 Å². The third-order valence-corrected chi connectivity index (χ3v) is 5.25. The molecule has 0 aliphatic carbocycles. The van der Waals surface area contributed by atoms with Gasteiger partial charge in [0.25, 0.3) is 0 Å². The highest BCUT2D eigenvalue weighted by molar-refractivity contribution is 7.59. The summed E-state index contributed by atoms with van der Waals surface area (Å²) in [4.78, 5) is 23.7. The summed E-state index contributed by atoms with van der Waals surface area (Å²) in [6.45, 7) is 1.50. The average molecular weight is 587 g/mol. The summed E-state index contributed by atoms with van der Waals surface area (Å²) in [5.41, 5.74) is 0. The van der Waals surface area contributed by atoms with E-state index in [1.165, 1.54) is 64.2 Å². The second-order valence-corrected chi connectivity index (χ2v) is 8.53. The first kappa shape index (κ1) is 38.3. The Hall–Kier alpha value is -3.83. The molecule has 0 aliphatic heterocycles. The van der Waals surface area contributed by atoms with Crippen LogP contribution in [-0.2, 0) is 19.1 Å². The lowest BCUT2D eigenvalue weighted by Crippen LogP contribution is -2.28. The number of hydrogen-bond acceptors (Lipinski definition) is 5. The summed E-state index contributed by atoms with van der Waals surface area (Å²) in [7, 11) is 0. The Labute approximate surface area is 268 Å². The number of unbranched alkanes of at least 4 members (excludes halogenated alkanes) is 12. The summed E-state index contributed by atoms with van der Waals surface area (Å²) in [6.07, 6.45) is 20.2. The van der Waals surface area contributed by atoms with Gasteiger partial charge in [-0.1, -0.05) is 84.0 Å². The van der Waals surface area contributed by atoms with Gasteiger partial charge in [-0.05, 0) is 77.5 Å². The first-order valence-electron chi connectivity index (χ1n) is 13.6. The minimum Gasteiger partial charge on any atom is -0.456 e. The molecule has 0 spiro atoms. The van der Waals surface area contributed by atoms with Crippen molar-refractivity contribution in [2.75, 3.05) is 13.2 Å². The molecule has 0 unspecified atom stereocenters. The fourth-order valence-electron chi connectivity index (χ4n) is 3.26. The number of aliphatic hydroxyl groups is 1. The van der Waals surface area contributed by atoms with Crippen molar-refractivity contribution in [2.45, 2.75) is 103 Å². The Morgan fingerprint density at radius 2 is 1.12 bits per heavy atom. The number of carbonyl (C=O) groups excluding carboxylic acids is 2. The van der Waals surface area contributed by atoms with Crippen molar-refractivity contribution >= 4 is 25.4 Å². The molecule has 6 heteroatoms. The van der Waals surface area contributed by atoms with E-state index >= 15 is 0 Å². The van der Waals surface area contributed by atoms with E-state index in [4.69, 9.17) is 15.9 Å². The molecule has 5 nitrogen and oxygen atoms in total. The summed E-state index contributed by atoms with van der Waals surface area (Å²) < 4.78 is 10.1. The Bertz CT molecular complexity index is 1180. The van der Waals surface area contributed by atoms with E-state index in [1.807, 2.05) is 0 Å². The second-order valence-electron chi connectivity index (χ2n) is 8.53. The molecule has 0 saturated heterocycles. The van der Waals surface area contributed by atoms with E-state index in [2.05, 4.69) is 83.9 Å². The molecule has 0 fully saturated rings. The Morgan fingerprint density at radius 1 is 0.700 bits per heavy atom. The topological polar surface area (TPSA) is 72.8 Å². The highest BCUT2D eigenvalue weighted by Crippen LogP contribution is 2.13. The molecular weight excluding hydrogens is 520 g/mol. The fourth-order valence-corrected chi connectivity index (χ4v) is 3.26. The van der Waals surface area contributed by atoms with Gasteiger partial charge in [0.1, 0.15) is 6.61 Å². The predicted octanol–water partition coefficient (Wildman–Crippen LogP) is 7.88. The van der Waals surface area contributed by atoms with Crippen molar-refractivity contribution in [3.63, 3.8) is 0 Å². The van der Waals surface area contributed by atoms with Gasteiger partial charge in [0.2, 0.25) is 0 Å². The SMILES string of the molecule is C#CC#CC#CC#CC#CC#CC#CC(=O)OC[C@H](CO)OC(=O)CCCCCCCCCCCCCCC.S.[HH].[HH].[HH].[HH].[HH].[HH].[HH].[HH].[HH].[HH].[HH].[HH].[HH]. The third kappa shape index (κ3) is 28.7. The highest BCUT2D eigenvalue weighted by atomic mass is 32.1. The molecular formula is C34H66O5S. The number of aliphatic hydroxyl groups excluding tert-OH is 1. The van der Waals surface area contributed by atoms with Crippen LogP contribution < -0.4 is 0 Å². The summed E-state index contributed by atoms with van der Waals surface area (Å²) >= 11 is 0. The van der Waals surface area contributed by atoms with Crippen molar-refractivity contribution < 1.29 is 42.7 Å². The van der Waals surface area contributed by atoms with Crippen LogP contribution in [0.25, 0.3) is 0 Å². The monoisotopic (exact) mass is 586 g/mol. The van der Waals surface area contributed by atoms with E-state index in [0.29, 0.717) is 0 Å². The number of terminal acetylenes is 1. The molecule has 40 heavy (non-hydrogen) atoms. The van der Waals surface area contributed by atoms with Crippen LogP contribution in [0, 0.1) is 83.4 Å². The second kappa shape index (κ2) is 31.4. The van der Waals surface area contributed by atoms with Crippen LogP contribution in [0.5, 0.6) is 0 Å². The minimum absolute atomic E-state index is 0. The Morgan fingerprint density at radius 3 is 1.57 bits per heavy atom. The van der Waals surface area contributed by atoms with Crippen molar-refractivity contribution in [3.8, 4) is 83.4 Å². The van der Waals surface area contributed by atoms with E-state index in [0.717, 1.165) is 19.3 Å². The quantitative estimate of drug-likeness (QED) is 0.0765. The molecule has 0 amide bonds. The van der Waals surface area contributed by atoms with Gasteiger partial charge in [0.05, 0.1) is 6.61 Å². The molecule has 0 saturated carbocycles. The summed E-state index contributed by atoms with van der Waals surface area (Å²) in [6, 6.07) is 0. The predicted molar refractivity (Wildman–Crippen MR) is 192 cm³/mol. The van der Waals surface area contributed by atoms with Crippen LogP contribution in [0.1, 0.15) is 115 Å². The lowest BCUT2D eigenvalue weighted by Gasteiger charge is -2.14. The third-order valence-electron chi connectivity index (χ3n) is 5.25. The normalized spacial score (nSPS) is 9.03. The van der Waals surface area contributed by atoms with Crippen LogP contribution in [0.15, 0.2) is 0 Å². The van der Waals surface area contributed by atoms with Crippen LogP contribution >= 0.6 is 13.5 Å². The molecule has 1 N–H and O–H groups in total. The zero-order valence-corrected chi connectivity index (χ0v) is 24.5. The molecule has 0 heterocycles. The first-order chi connectivity index (χ1) is 19.1. The van der Waals surface area contributed by atoms with Crippen LogP contribution in [-0.4, -0.2) is 36.4 Å². The number of hydrogen-bond donors (Lipinski definition) is 1. The lowest BCUT2D eigenvalue weighted by molar-refractivity contribution is -0.159. The van der Waals surface area contributed by atoms with Crippen molar-refractivity contribution in [3.05, 3.63) is 0 Å². The molecule has 0 radical (unpaired) electrons. The van der Waals surface area contributed by atoms with Gasteiger partial charge in [-0.2, -0.15) is 13.5 Å². The smallest absolute Gasteiger partial charge is 0.385 e. The molecule has 0 aliphatic rings. The number of rotatable bonds is 18. The van der Waals surface area contributed by atoms with Gasteiger partial charge in [0.15, 0.2) is 6.10 Å². The molecule has 0 rings (SSSR count). The Balaban J connectivity index is -0.0000000793. The van der Waals surface area contributed by atoms with Gasteiger partial charge >= 0.3 is 11.9 Å². The standard InChI is InChI=1S/C34H38O5.H2S.13H2/c1-3-5-7-9-11-13-15-17-19-21-23-25-27-29-34(37)39-32(30-35)31-38-33(36)28-26-24-22-20-18-16-14-12-10-8-6-4-2;;;;;;;;;;;;;;/h2,32,35H,3,5,7,9,11,13,15,17,19,21,23,25,27,29-31H2,1H3;1H2;13*1H/t32-;;;;;;;;;;;;;;/m0............../s1. The molecule has 0 aromatic carbocycles. The van der Waals surface area contributed by atoms with Gasteiger partial charge in [-0.25, -0.2) is 4.79 Å². The maximum Gasteiger partial charge on any atom is 0.385 e. The van der Waals surface area contributed by atoms with E-state index in [1.54, 1.807) is 0 Å². The molecule has 0 aromatic rings. The van der Waals surface area contributed by atoms with Gasteiger partial charge in [-0.3, -0.25) is 4.79 Å². The largest absolute Gasteiger partial charge is 0.456 e. The number of esters is 2. The van der Waals surface area contributed by atoms with Gasteiger partial charge in [-0.15, -0.1) is 6.42 Å². The van der Waals surface area contributed by atoms with Crippen molar-refractivity contribution in [2.24, 2.45) is 0 Å². The van der Waals surface area contributed by atoms with Crippen molar-refractivity contribution in [1.82, 2.24) is 0 Å². The van der Waals surface area contributed by atoms with Gasteiger partial charge < -0.3 is 14.6 Å². The molecule has 0 bridgehead atoms. The maximum atomic E-state index is 12.0.